The number of halogens is 1. The summed E-state index contributed by atoms with van der Waals surface area (Å²) in [6.07, 6.45) is 11.7. The lowest BCUT2D eigenvalue weighted by molar-refractivity contribution is -0.121. The molecule has 0 bridgehead atoms. The molecule has 0 atom stereocenters. The van der Waals surface area contributed by atoms with Crippen molar-refractivity contribution in [1.82, 2.24) is 16.0 Å². The number of nitrogens with one attached hydrogen (secondary N) is 3. The van der Waals surface area contributed by atoms with Gasteiger partial charge in [0, 0.05) is 32.1 Å². The second-order valence-corrected chi connectivity index (χ2v) is 5.58. The number of carbonyl (C=O) groups is 1. The van der Waals surface area contributed by atoms with Gasteiger partial charge in [-0.25, -0.2) is 0 Å². The van der Waals surface area contributed by atoms with E-state index in [1.54, 1.807) is 7.05 Å². The van der Waals surface area contributed by atoms with Crippen LogP contribution in [0.2, 0.25) is 0 Å². The zero-order chi connectivity index (χ0) is 14.2. The minimum atomic E-state index is 0. The molecular formula is C15H27IN4O. The van der Waals surface area contributed by atoms with E-state index >= 15 is 0 Å². The van der Waals surface area contributed by atoms with Crippen LogP contribution in [0.3, 0.4) is 0 Å². The number of hydrogen-bond acceptors (Lipinski definition) is 2. The first-order chi connectivity index (χ1) is 9.78. The van der Waals surface area contributed by atoms with Crippen LogP contribution in [0.5, 0.6) is 0 Å². The summed E-state index contributed by atoms with van der Waals surface area (Å²) in [6.45, 7) is 0.623. The van der Waals surface area contributed by atoms with Crippen molar-refractivity contribution >= 4 is 35.8 Å². The van der Waals surface area contributed by atoms with E-state index in [1.807, 2.05) is 0 Å². The predicted octanol–water partition coefficient (Wildman–Crippen LogP) is 1.94. The lowest BCUT2D eigenvalue weighted by atomic mass is 10.2. The average molecular weight is 406 g/mol. The highest BCUT2D eigenvalue weighted by Gasteiger charge is 2.17. The number of amides is 1. The van der Waals surface area contributed by atoms with Crippen molar-refractivity contribution in [2.24, 2.45) is 4.99 Å². The molecule has 0 aromatic rings. The van der Waals surface area contributed by atoms with Gasteiger partial charge in [0.1, 0.15) is 0 Å². The molecule has 2 aliphatic carbocycles. The monoisotopic (exact) mass is 406 g/mol. The number of nitrogens with zero attached hydrogens (tertiary/aromatic N) is 1. The Morgan fingerprint density at radius 1 is 1.14 bits per heavy atom. The van der Waals surface area contributed by atoms with Crippen molar-refractivity contribution in [3.05, 3.63) is 12.2 Å². The second kappa shape index (κ2) is 10.0. The largest absolute Gasteiger partial charge is 0.356 e. The number of hydrogen-bond donors (Lipinski definition) is 3. The Kier molecular flexibility index (Phi) is 8.72. The zero-order valence-corrected chi connectivity index (χ0v) is 15.1. The standard InChI is InChI=1S/C15H26N4O.HI/c1-16-15(19-13-8-4-5-9-13)17-11-10-14(20)18-12-6-2-3-7-12;/h4-5,12-13H,2-3,6-11H2,1H3,(H,18,20)(H2,16,17,19);1H. The molecule has 0 aromatic heterocycles. The van der Waals surface area contributed by atoms with E-state index in [4.69, 9.17) is 0 Å². The Morgan fingerprint density at radius 3 is 2.43 bits per heavy atom. The molecule has 5 nitrogen and oxygen atoms in total. The molecule has 120 valence electrons. The first kappa shape index (κ1) is 18.3. The second-order valence-electron chi connectivity index (χ2n) is 5.58. The summed E-state index contributed by atoms with van der Waals surface area (Å²) >= 11 is 0. The maximum absolute atomic E-state index is 11.8. The number of aliphatic imine (C=N–C) groups is 1. The Hall–Kier alpha value is -0.790. The topological polar surface area (TPSA) is 65.5 Å². The van der Waals surface area contributed by atoms with Gasteiger partial charge in [0.15, 0.2) is 5.96 Å². The van der Waals surface area contributed by atoms with Gasteiger partial charge >= 0.3 is 0 Å². The number of carbonyl (C=O) groups excluding carboxylic acids is 1. The van der Waals surface area contributed by atoms with Gasteiger partial charge in [-0.1, -0.05) is 25.0 Å². The van der Waals surface area contributed by atoms with Crippen LogP contribution >= 0.6 is 24.0 Å². The Labute approximate surface area is 144 Å². The van der Waals surface area contributed by atoms with Gasteiger partial charge in [0.25, 0.3) is 0 Å². The molecule has 0 saturated heterocycles. The van der Waals surface area contributed by atoms with Crippen molar-refractivity contribution in [2.75, 3.05) is 13.6 Å². The average Bonchev–Trinajstić information content (AvgIpc) is 3.10. The highest BCUT2D eigenvalue weighted by Crippen LogP contribution is 2.17. The Bertz CT molecular complexity index is 370. The van der Waals surface area contributed by atoms with E-state index in [1.165, 1.54) is 12.8 Å². The quantitative estimate of drug-likeness (QED) is 0.283. The maximum Gasteiger partial charge on any atom is 0.221 e. The molecule has 0 spiro atoms. The summed E-state index contributed by atoms with van der Waals surface area (Å²) in [5.41, 5.74) is 0. The van der Waals surface area contributed by atoms with E-state index in [0.29, 0.717) is 25.0 Å². The Morgan fingerprint density at radius 2 is 1.81 bits per heavy atom. The van der Waals surface area contributed by atoms with Gasteiger partial charge in [-0.05, 0) is 25.7 Å². The molecule has 0 unspecified atom stereocenters. The summed E-state index contributed by atoms with van der Waals surface area (Å²) in [4.78, 5) is 16.0. The third-order valence-electron chi connectivity index (χ3n) is 3.94. The smallest absolute Gasteiger partial charge is 0.221 e. The molecule has 1 fully saturated rings. The number of rotatable bonds is 5. The van der Waals surface area contributed by atoms with Crippen molar-refractivity contribution in [3.8, 4) is 0 Å². The molecule has 6 heteroatoms. The van der Waals surface area contributed by atoms with Gasteiger partial charge < -0.3 is 16.0 Å². The van der Waals surface area contributed by atoms with E-state index in [2.05, 4.69) is 33.1 Å². The third-order valence-corrected chi connectivity index (χ3v) is 3.94. The molecule has 2 aliphatic rings. The van der Waals surface area contributed by atoms with Crippen LogP contribution < -0.4 is 16.0 Å². The molecule has 3 N–H and O–H groups in total. The summed E-state index contributed by atoms with van der Waals surface area (Å²) in [7, 11) is 1.76. The van der Waals surface area contributed by atoms with Gasteiger partial charge in [0.2, 0.25) is 5.91 Å². The number of guanidine groups is 1. The molecular weight excluding hydrogens is 379 g/mol. The minimum absolute atomic E-state index is 0. The predicted molar refractivity (Wildman–Crippen MR) is 97.1 cm³/mol. The van der Waals surface area contributed by atoms with Crippen LogP contribution in [0.1, 0.15) is 44.9 Å². The van der Waals surface area contributed by atoms with Gasteiger partial charge in [-0.2, -0.15) is 0 Å². The summed E-state index contributed by atoms with van der Waals surface area (Å²) in [5, 5.41) is 9.65. The van der Waals surface area contributed by atoms with E-state index < -0.39 is 0 Å². The van der Waals surface area contributed by atoms with Gasteiger partial charge in [-0.15, -0.1) is 24.0 Å². The first-order valence-corrected chi connectivity index (χ1v) is 7.69. The zero-order valence-electron chi connectivity index (χ0n) is 12.7. The van der Waals surface area contributed by atoms with Crippen LogP contribution in [0, 0.1) is 0 Å². The van der Waals surface area contributed by atoms with Crippen molar-refractivity contribution < 1.29 is 4.79 Å². The molecule has 0 heterocycles. The minimum Gasteiger partial charge on any atom is -0.356 e. The van der Waals surface area contributed by atoms with Gasteiger partial charge in [-0.3, -0.25) is 9.79 Å². The van der Waals surface area contributed by atoms with Crippen LogP contribution in [-0.4, -0.2) is 37.5 Å². The maximum atomic E-state index is 11.8. The third kappa shape index (κ3) is 6.67. The highest BCUT2D eigenvalue weighted by atomic mass is 127. The summed E-state index contributed by atoms with van der Waals surface area (Å²) < 4.78 is 0. The van der Waals surface area contributed by atoms with Crippen molar-refractivity contribution in [2.45, 2.75) is 57.0 Å². The normalized spacial score (nSPS) is 19.4. The first-order valence-electron chi connectivity index (χ1n) is 7.69. The van der Waals surface area contributed by atoms with Crippen LogP contribution in [0.25, 0.3) is 0 Å². The molecule has 0 radical (unpaired) electrons. The van der Waals surface area contributed by atoms with Crippen molar-refractivity contribution in [1.29, 1.82) is 0 Å². The molecule has 2 rings (SSSR count). The molecule has 21 heavy (non-hydrogen) atoms. The fourth-order valence-corrected chi connectivity index (χ4v) is 2.79. The lowest BCUT2D eigenvalue weighted by Crippen LogP contribution is -2.44. The fraction of sp³-hybridized carbons (Fsp3) is 0.733. The Balaban J connectivity index is 0.00000220. The SMILES string of the molecule is CN=C(NCCC(=O)NC1CCCC1)NC1CC=CC1.I. The fourth-order valence-electron chi connectivity index (χ4n) is 2.79. The van der Waals surface area contributed by atoms with E-state index in [0.717, 1.165) is 31.6 Å². The summed E-state index contributed by atoms with van der Waals surface area (Å²) in [6, 6.07) is 0.845. The molecule has 0 aromatic carbocycles. The molecule has 0 aliphatic heterocycles. The van der Waals surface area contributed by atoms with E-state index in [9.17, 15) is 4.79 Å². The van der Waals surface area contributed by atoms with Crippen LogP contribution in [0.4, 0.5) is 0 Å². The van der Waals surface area contributed by atoms with Crippen LogP contribution in [-0.2, 0) is 4.79 Å². The van der Waals surface area contributed by atoms with Crippen molar-refractivity contribution in [3.63, 3.8) is 0 Å². The molecule has 1 saturated carbocycles. The van der Waals surface area contributed by atoms with Gasteiger partial charge in [0.05, 0.1) is 0 Å². The summed E-state index contributed by atoms with van der Waals surface area (Å²) in [5.74, 6) is 0.926. The lowest BCUT2D eigenvalue weighted by Gasteiger charge is -2.17. The molecule has 1 amide bonds. The van der Waals surface area contributed by atoms with Crippen LogP contribution in [0.15, 0.2) is 17.1 Å². The van der Waals surface area contributed by atoms with E-state index in [-0.39, 0.29) is 29.9 Å². The highest BCUT2D eigenvalue weighted by molar-refractivity contribution is 14.0.